The lowest BCUT2D eigenvalue weighted by molar-refractivity contribution is -0.129. The minimum absolute atomic E-state index is 0.121. The molecule has 0 unspecified atom stereocenters. The maximum atomic E-state index is 13.4. The Kier molecular flexibility index (Phi) is 5.52. The lowest BCUT2D eigenvalue weighted by Crippen LogP contribution is -2.58. The Labute approximate surface area is 187 Å². The zero-order chi connectivity index (χ0) is 20.8. The van der Waals surface area contributed by atoms with Crippen molar-refractivity contribution < 1.29 is 19.4 Å². The van der Waals surface area contributed by atoms with E-state index in [9.17, 15) is 14.7 Å². The second kappa shape index (κ2) is 7.81. The highest BCUT2D eigenvalue weighted by molar-refractivity contribution is 14.1. The fourth-order valence-electron chi connectivity index (χ4n) is 4.27. The Morgan fingerprint density at radius 3 is 2.83 bits per heavy atom. The summed E-state index contributed by atoms with van der Waals surface area (Å²) in [5.74, 6) is 0.244. The summed E-state index contributed by atoms with van der Waals surface area (Å²) in [4.78, 5) is 26.0. The van der Waals surface area contributed by atoms with Crippen molar-refractivity contribution in [2.45, 2.75) is 21.8 Å². The van der Waals surface area contributed by atoms with Crippen molar-refractivity contribution in [1.82, 2.24) is 5.32 Å². The average Bonchev–Trinajstić information content (AvgIpc) is 2.95. The van der Waals surface area contributed by atoms with Crippen LogP contribution in [0.15, 0.2) is 36.4 Å². The van der Waals surface area contributed by atoms with Gasteiger partial charge in [-0.2, -0.15) is 0 Å². The van der Waals surface area contributed by atoms with Crippen molar-refractivity contribution in [2.24, 2.45) is 0 Å². The molecule has 0 aliphatic carbocycles. The molecule has 3 atom stereocenters. The van der Waals surface area contributed by atoms with Crippen LogP contribution in [0, 0.1) is 0 Å². The quantitative estimate of drug-likeness (QED) is 0.319. The van der Waals surface area contributed by atoms with E-state index in [4.69, 9.17) is 16.3 Å². The van der Waals surface area contributed by atoms with E-state index in [0.717, 1.165) is 11.0 Å². The van der Waals surface area contributed by atoms with Gasteiger partial charge in [0.05, 0.1) is 12.6 Å². The number of amides is 2. The molecule has 1 fully saturated rings. The van der Waals surface area contributed by atoms with Gasteiger partial charge in [0.15, 0.2) is 0 Å². The highest BCUT2D eigenvalue weighted by atomic mass is 127. The average molecular weight is 525 g/mol. The number of nitrogens with one attached hydrogen (secondary N) is 2. The monoisotopic (exact) mass is 524 g/mol. The first-order chi connectivity index (χ1) is 13.9. The molecule has 0 radical (unpaired) electrons. The summed E-state index contributed by atoms with van der Waals surface area (Å²) in [7, 11) is 1.95. The fourth-order valence-corrected chi connectivity index (χ4v) is 5.82. The predicted octanol–water partition coefficient (Wildman–Crippen LogP) is 1.22. The molecule has 2 amide bonds. The van der Waals surface area contributed by atoms with Crippen LogP contribution in [-0.2, 0) is 15.0 Å². The lowest BCUT2D eigenvalue weighted by atomic mass is 9.67. The molecule has 2 aromatic carbocycles. The van der Waals surface area contributed by atoms with E-state index < -0.39 is 11.5 Å². The number of aliphatic hydroxyl groups excluding tert-OH is 1. The van der Waals surface area contributed by atoms with Gasteiger partial charge in [-0.25, -0.2) is 0 Å². The number of aliphatic hydroxyl groups is 1. The Balaban J connectivity index is 1.94. The molecule has 6 nitrogen and oxygen atoms in total. The van der Waals surface area contributed by atoms with Crippen LogP contribution in [0.25, 0.3) is 0 Å². The topological polar surface area (TPSA) is 87.7 Å². The molecule has 1 saturated heterocycles. The minimum Gasteiger partial charge on any atom is -0.491 e. The summed E-state index contributed by atoms with van der Waals surface area (Å²) in [5, 5.41) is 15.7. The summed E-state index contributed by atoms with van der Waals surface area (Å²) in [6, 6.07) is 10.4. The number of ether oxygens (including phenoxy) is 1. The summed E-state index contributed by atoms with van der Waals surface area (Å²) in [6.07, 6.45) is 0.227. The molecule has 9 heteroatoms. The summed E-state index contributed by atoms with van der Waals surface area (Å²) < 4.78 is 5.48. The predicted molar refractivity (Wildman–Crippen MR) is 122 cm³/mol. The first kappa shape index (κ1) is 20.5. The maximum Gasteiger partial charge on any atom is 0.238 e. The fraction of sp³-hybridized carbons (Fsp3) is 0.300. The van der Waals surface area contributed by atoms with Gasteiger partial charge in [-0.3, -0.25) is 9.59 Å². The van der Waals surface area contributed by atoms with E-state index in [1.807, 2.05) is 32.1 Å². The molecule has 2 heterocycles. The van der Waals surface area contributed by atoms with Gasteiger partial charge in [0, 0.05) is 26.6 Å². The van der Waals surface area contributed by atoms with Crippen LogP contribution in [-0.4, -0.2) is 41.9 Å². The number of piperidine rings is 1. The van der Waals surface area contributed by atoms with Crippen LogP contribution in [0.4, 0.5) is 5.69 Å². The molecular formula is C20H19BClIN2O4. The van der Waals surface area contributed by atoms with Crippen molar-refractivity contribution in [1.29, 1.82) is 0 Å². The van der Waals surface area contributed by atoms with Crippen molar-refractivity contribution in [3.63, 3.8) is 0 Å². The molecular weight excluding hydrogens is 505 g/mol. The summed E-state index contributed by atoms with van der Waals surface area (Å²) >= 11 is 8.35. The van der Waals surface area contributed by atoms with Gasteiger partial charge >= 0.3 is 0 Å². The molecule has 0 bridgehead atoms. The third-order valence-electron chi connectivity index (χ3n) is 5.50. The van der Waals surface area contributed by atoms with Gasteiger partial charge in [0.2, 0.25) is 11.8 Å². The number of carbonyl (C=O) groups is 2. The Hall–Kier alpha value is -1.78. The number of alkyl halides is 1. The third kappa shape index (κ3) is 3.31. The Morgan fingerprint density at radius 2 is 2.07 bits per heavy atom. The molecule has 3 N–H and O–H groups in total. The van der Waals surface area contributed by atoms with Gasteiger partial charge < -0.3 is 20.5 Å². The second-order valence-electron chi connectivity index (χ2n) is 7.30. The lowest BCUT2D eigenvalue weighted by Gasteiger charge is -2.44. The van der Waals surface area contributed by atoms with Crippen molar-refractivity contribution in [2.75, 3.05) is 18.5 Å². The second-order valence-corrected chi connectivity index (χ2v) is 9.24. The Morgan fingerprint density at radius 1 is 1.28 bits per heavy atom. The van der Waals surface area contributed by atoms with Crippen LogP contribution in [0.1, 0.15) is 23.6 Å². The van der Waals surface area contributed by atoms with Gasteiger partial charge in [-0.1, -0.05) is 57.9 Å². The van der Waals surface area contributed by atoms with E-state index >= 15 is 0 Å². The van der Waals surface area contributed by atoms with E-state index in [1.165, 1.54) is 0 Å². The first-order valence-electron chi connectivity index (χ1n) is 9.27. The zero-order valence-electron chi connectivity index (χ0n) is 15.7. The van der Waals surface area contributed by atoms with Gasteiger partial charge in [0.25, 0.3) is 0 Å². The standard InChI is InChI=1S/C20H19BClIN2O4/c21-10-1-4-15(29-6-5-26)12(7-10)18-20(16(23)9-17(27)25-18)13-3-2-11(22)8-14(13)24-19(20)28/h1-4,7-8,16,18,26H,5-6,9,21H2,(H,24,28)(H,25,27)/t16-,18-,20+/m1/s1. The number of anilines is 1. The SMILES string of the molecule is Bc1ccc(OCCO)c([C@H]2NC(=O)C[C@@H](I)[C@]23C(=O)Nc2cc(Cl)ccc23)c1. The van der Waals surface area contributed by atoms with Crippen LogP contribution in [0.3, 0.4) is 0 Å². The van der Waals surface area contributed by atoms with Crippen LogP contribution < -0.4 is 20.8 Å². The van der Waals surface area contributed by atoms with E-state index in [1.54, 1.807) is 12.1 Å². The number of hydrogen-bond donors (Lipinski definition) is 3. The minimum atomic E-state index is -1.00. The molecule has 0 saturated carbocycles. The van der Waals surface area contributed by atoms with Gasteiger partial charge in [-0.15, -0.1) is 0 Å². The smallest absolute Gasteiger partial charge is 0.238 e. The molecule has 29 heavy (non-hydrogen) atoms. The number of hydrogen-bond acceptors (Lipinski definition) is 4. The van der Waals surface area contributed by atoms with Crippen molar-refractivity contribution in [3.8, 4) is 5.75 Å². The van der Waals surface area contributed by atoms with Gasteiger partial charge in [-0.05, 0) is 23.8 Å². The first-order valence-corrected chi connectivity index (χ1v) is 10.9. The van der Waals surface area contributed by atoms with E-state index in [-0.39, 0.29) is 35.4 Å². The Bertz CT molecular complexity index is 1000. The summed E-state index contributed by atoms with van der Waals surface area (Å²) in [5.41, 5.74) is 2.17. The van der Waals surface area contributed by atoms with Crippen molar-refractivity contribution >= 4 is 65.0 Å². The molecule has 2 aliphatic heterocycles. The van der Waals surface area contributed by atoms with E-state index in [0.29, 0.717) is 22.0 Å². The number of fused-ring (bicyclic) bond motifs is 2. The highest BCUT2D eigenvalue weighted by Crippen LogP contribution is 2.54. The zero-order valence-corrected chi connectivity index (χ0v) is 18.6. The largest absolute Gasteiger partial charge is 0.491 e. The number of halogens is 2. The van der Waals surface area contributed by atoms with Crippen LogP contribution >= 0.6 is 34.2 Å². The summed E-state index contributed by atoms with van der Waals surface area (Å²) in [6.45, 7) is -0.0119. The van der Waals surface area contributed by atoms with Crippen LogP contribution in [0.5, 0.6) is 5.75 Å². The maximum absolute atomic E-state index is 13.4. The molecule has 2 aromatic rings. The number of carbonyl (C=O) groups excluding carboxylic acids is 2. The highest BCUT2D eigenvalue weighted by Gasteiger charge is 2.60. The number of benzene rings is 2. The molecule has 1 spiro atoms. The number of rotatable bonds is 4. The van der Waals surface area contributed by atoms with E-state index in [2.05, 4.69) is 33.2 Å². The molecule has 150 valence electrons. The molecule has 4 rings (SSSR count). The third-order valence-corrected chi connectivity index (χ3v) is 7.15. The molecule has 2 aliphatic rings. The van der Waals surface area contributed by atoms with Gasteiger partial charge in [0.1, 0.15) is 25.6 Å². The molecule has 0 aromatic heterocycles. The normalized spacial score (nSPS) is 25.5. The van der Waals surface area contributed by atoms with Crippen LogP contribution in [0.2, 0.25) is 5.02 Å². The van der Waals surface area contributed by atoms with Crippen molar-refractivity contribution in [3.05, 3.63) is 52.5 Å².